The Hall–Kier alpha value is -5.11. The van der Waals surface area contributed by atoms with Crippen LogP contribution in [0.2, 0.25) is 0 Å². The number of hydrogen-bond donors (Lipinski definition) is 0. The lowest BCUT2D eigenvalue weighted by Gasteiger charge is -2.14. The van der Waals surface area contributed by atoms with E-state index >= 15 is 0 Å². The van der Waals surface area contributed by atoms with Crippen molar-refractivity contribution in [1.29, 1.82) is 5.26 Å². The molecule has 0 saturated carbocycles. The fraction of sp³-hybridized carbons (Fsp3) is 0.0833. The Morgan fingerprint density at radius 2 is 2.00 bits per heavy atom. The Bertz CT molecular complexity index is 1840. The van der Waals surface area contributed by atoms with Crippen LogP contribution in [0.15, 0.2) is 68.7 Å². The van der Waals surface area contributed by atoms with Gasteiger partial charge < -0.3 is 8.94 Å². The lowest BCUT2D eigenvalue weighted by molar-refractivity contribution is 0.428. The third-order valence-electron chi connectivity index (χ3n) is 5.60. The van der Waals surface area contributed by atoms with E-state index in [0.29, 0.717) is 22.7 Å². The molecule has 0 unspecified atom stereocenters. The van der Waals surface area contributed by atoms with E-state index in [2.05, 4.69) is 20.1 Å². The van der Waals surface area contributed by atoms with Gasteiger partial charge in [0.25, 0.3) is 11.4 Å². The van der Waals surface area contributed by atoms with Crippen molar-refractivity contribution in [3.63, 3.8) is 0 Å². The number of halogens is 1. The molecule has 0 aliphatic heterocycles. The number of aryl methyl sites for hydroxylation is 1. The second kappa shape index (κ2) is 7.74. The summed E-state index contributed by atoms with van der Waals surface area (Å²) in [4.78, 5) is 26.8. The summed E-state index contributed by atoms with van der Waals surface area (Å²) in [6.07, 6.45) is 2.99. The smallest absolute Gasteiger partial charge is 0.279 e. The molecule has 0 spiro atoms. The number of pyridine rings is 1. The van der Waals surface area contributed by atoms with Crippen molar-refractivity contribution >= 4 is 16.6 Å². The molecule has 6 rings (SSSR count). The maximum absolute atomic E-state index is 14.6. The first-order valence-corrected chi connectivity index (χ1v) is 10.5. The van der Waals surface area contributed by atoms with Crippen LogP contribution in [0.5, 0.6) is 0 Å². The SMILES string of the molecule is Cc1ccc(-c2noc(-c3ncn4c3c(=O)n(Cc3ccccn3)c3c(C#N)c(F)ccc34)n2)o1. The predicted molar refractivity (Wildman–Crippen MR) is 121 cm³/mol. The molecule has 0 radical (unpaired) electrons. The van der Waals surface area contributed by atoms with E-state index in [1.807, 2.05) is 6.07 Å². The number of benzene rings is 1. The zero-order chi connectivity index (χ0) is 24.1. The van der Waals surface area contributed by atoms with Gasteiger partial charge in [-0.3, -0.25) is 18.7 Å². The average Bonchev–Trinajstić information content (AvgIpc) is 3.61. The van der Waals surface area contributed by atoms with Gasteiger partial charge in [0, 0.05) is 6.20 Å². The second-order valence-electron chi connectivity index (χ2n) is 7.76. The predicted octanol–water partition coefficient (Wildman–Crippen LogP) is 3.72. The minimum Gasteiger partial charge on any atom is -0.458 e. The van der Waals surface area contributed by atoms with E-state index in [9.17, 15) is 14.4 Å². The minimum atomic E-state index is -0.732. The molecule has 6 aromatic rings. The summed E-state index contributed by atoms with van der Waals surface area (Å²) < 4.78 is 28.3. The lowest BCUT2D eigenvalue weighted by Crippen LogP contribution is -2.25. The molecule has 35 heavy (non-hydrogen) atoms. The number of imidazole rings is 1. The van der Waals surface area contributed by atoms with Crippen LogP contribution in [0.1, 0.15) is 17.0 Å². The normalized spacial score (nSPS) is 11.3. The number of rotatable bonds is 4. The number of hydrogen-bond acceptors (Lipinski definition) is 8. The van der Waals surface area contributed by atoms with Crippen molar-refractivity contribution in [1.82, 2.24) is 29.1 Å². The fourth-order valence-electron chi connectivity index (χ4n) is 4.03. The molecule has 0 N–H and O–H groups in total. The number of nitrogens with zero attached hydrogens (tertiary/aromatic N) is 7. The summed E-state index contributed by atoms with van der Waals surface area (Å²) in [6, 6.07) is 13.3. The number of fused-ring (bicyclic) bond motifs is 3. The minimum absolute atomic E-state index is 0.0101. The van der Waals surface area contributed by atoms with Crippen LogP contribution >= 0.6 is 0 Å². The number of nitriles is 1. The van der Waals surface area contributed by atoms with E-state index in [1.54, 1.807) is 43.5 Å². The summed E-state index contributed by atoms with van der Waals surface area (Å²) in [5.41, 5.74) is 0.617. The van der Waals surface area contributed by atoms with E-state index < -0.39 is 11.4 Å². The maximum atomic E-state index is 14.6. The molecule has 0 atom stereocenters. The van der Waals surface area contributed by atoms with E-state index in [0.717, 1.165) is 0 Å². The molecule has 0 amide bonds. The molecule has 5 heterocycles. The van der Waals surface area contributed by atoms with Crippen molar-refractivity contribution in [3.8, 4) is 29.2 Å². The van der Waals surface area contributed by atoms with Gasteiger partial charge in [0.15, 0.2) is 11.5 Å². The molecule has 0 fully saturated rings. The molecule has 0 bridgehead atoms. The standard InChI is InChI=1S/C24H14FN7O3/c1-13-5-8-18(34-13)22-29-23(35-30-22)19-21-24(33)31(11-14-4-2-3-9-27-14)20-15(10-26)16(25)6-7-17(20)32(21)12-28-19/h2-9,12H,11H2,1H3. The lowest BCUT2D eigenvalue weighted by atomic mass is 10.1. The Balaban J connectivity index is 1.63. The number of aromatic nitrogens is 6. The highest BCUT2D eigenvalue weighted by atomic mass is 19.1. The fourth-order valence-corrected chi connectivity index (χ4v) is 4.03. The first-order valence-electron chi connectivity index (χ1n) is 10.5. The molecule has 11 heteroatoms. The van der Waals surface area contributed by atoms with Crippen molar-refractivity contribution in [2.45, 2.75) is 13.5 Å². The topological polar surface area (TPSA) is 128 Å². The molecule has 0 aliphatic rings. The third kappa shape index (κ3) is 3.19. The van der Waals surface area contributed by atoms with E-state index in [1.165, 1.54) is 27.4 Å². The zero-order valence-corrected chi connectivity index (χ0v) is 18.1. The largest absolute Gasteiger partial charge is 0.458 e. The van der Waals surface area contributed by atoms with Crippen LogP contribution in [0.25, 0.3) is 39.7 Å². The quantitative estimate of drug-likeness (QED) is 0.384. The Kier molecular flexibility index (Phi) is 4.53. The van der Waals surface area contributed by atoms with Crippen LogP contribution < -0.4 is 5.56 Å². The molecule has 0 saturated heterocycles. The van der Waals surface area contributed by atoms with Crippen LogP contribution in [0.3, 0.4) is 0 Å². The summed E-state index contributed by atoms with van der Waals surface area (Å²) in [5.74, 6) is 0.582. The Morgan fingerprint density at radius 1 is 1.11 bits per heavy atom. The summed E-state index contributed by atoms with van der Waals surface area (Å²) in [6.45, 7) is 1.80. The van der Waals surface area contributed by atoms with Crippen LogP contribution in [-0.4, -0.2) is 29.1 Å². The summed E-state index contributed by atoms with van der Waals surface area (Å²) in [7, 11) is 0. The van der Waals surface area contributed by atoms with Gasteiger partial charge in [0.05, 0.1) is 23.3 Å². The van der Waals surface area contributed by atoms with Crippen LogP contribution in [0.4, 0.5) is 4.39 Å². The Morgan fingerprint density at radius 3 is 2.74 bits per heavy atom. The van der Waals surface area contributed by atoms with E-state index in [4.69, 9.17) is 8.94 Å². The van der Waals surface area contributed by atoms with Gasteiger partial charge in [0.1, 0.15) is 35.1 Å². The van der Waals surface area contributed by atoms with Crippen molar-refractivity contribution < 1.29 is 13.3 Å². The molecule has 5 aromatic heterocycles. The molecule has 170 valence electrons. The maximum Gasteiger partial charge on any atom is 0.279 e. The Labute approximate surface area is 195 Å². The van der Waals surface area contributed by atoms with Gasteiger partial charge in [0.2, 0.25) is 5.82 Å². The van der Waals surface area contributed by atoms with Crippen LogP contribution in [-0.2, 0) is 6.54 Å². The first-order chi connectivity index (χ1) is 17.0. The average molecular weight is 467 g/mol. The first kappa shape index (κ1) is 20.5. The molecule has 0 aliphatic carbocycles. The van der Waals surface area contributed by atoms with Gasteiger partial charge in [-0.05, 0) is 43.3 Å². The monoisotopic (exact) mass is 467 g/mol. The molecular weight excluding hydrogens is 453 g/mol. The second-order valence-corrected chi connectivity index (χ2v) is 7.76. The third-order valence-corrected chi connectivity index (χ3v) is 5.60. The zero-order valence-electron chi connectivity index (χ0n) is 18.1. The van der Waals surface area contributed by atoms with E-state index in [-0.39, 0.29) is 40.6 Å². The molecular formula is C24H14FN7O3. The van der Waals surface area contributed by atoms with Gasteiger partial charge in [-0.2, -0.15) is 10.2 Å². The van der Waals surface area contributed by atoms with Crippen molar-refractivity contribution in [3.05, 3.63) is 88.2 Å². The van der Waals surface area contributed by atoms with Gasteiger partial charge in [-0.15, -0.1) is 0 Å². The van der Waals surface area contributed by atoms with Gasteiger partial charge in [-0.25, -0.2) is 9.37 Å². The molecule has 1 aromatic carbocycles. The van der Waals surface area contributed by atoms with Crippen molar-refractivity contribution in [2.75, 3.05) is 0 Å². The highest BCUT2D eigenvalue weighted by molar-refractivity contribution is 5.87. The van der Waals surface area contributed by atoms with Crippen LogP contribution in [0, 0.1) is 24.1 Å². The van der Waals surface area contributed by atoms with Gasteiger partial charge in [-0.1, -0.05) is 11.2 Å². The summed E-state index contributed by atoms with van der Waals surface area (Å²) in [5, 5.41) is 13.6. The summed E-state index contributed by atoms with van der Waals surface area (Å²) >= 11 is 0. The molecule has 10 nitrogen and oxygen atoms in total. The number of furan rings is 1. The van der Waals surface area contributed by atoms with Crippen molar-refractivity contribution in [2.24, 2.45) is 0 Å². The highest BCUT2D eigenvalue weighted by Crippen LogP contribution is 2.28. The highest BCUT2D eigenvalue weighted by Gasteiger charge is 2.24. The van der Waals surface area contributed by atoms with Gasteiger partial charge >= 0.3 is 0 Å².